The fourth-order valence-electron chi connectivity index (χ4n) is 3.19. The van der Waals surface area contributed by atoms with Gasteiger partial charge in [0.1, 0.15) is 6.04 Å². The lowest BCUT2D eigenvalue weighted by Crippen LogP contribution is -2.52. The Hall–Kier alpha value is -2.42. The first-order chi connectivity index (χ1) is 15.6. The van der Waals surface area contributed by atoms with Crippen molar-refractivity contribution in [2.24, 2.45) is 0 Å². The normalized spacial score (nSPS) is 13.4. The van der Waals surface area contributed by atoms with Crippen LogP contribution in [0, 0.1) is 0 Å². The highest BCUT2D eigenvalue weighted by atomic mass is 35.5. The van der Waals surface area contributed by atoms with Crippen LogP contribution in [0.4, 0.5) is 0 Å². The summed E-state index contributed by atoms with van der Waals surface area (Å²) in [6.07, 6.45) is 1.31. The van der Waals surface area contributed by atoms with Crippen LogP contribution in [0.2, 0.25) is 5.02 Å². The van der Waals surface area contributed by atoms with Gasteiger partial charge in [-0.3, -0.25) is 9.59 Å². The Morgan fingerprint density at radius 1 is 1.03 bits per heavy atom. The highest BCUT2D eigenvalue weighted by Gasteiger charge is 2.30. The lowest BCUT2D eigenvalue weighted by molar-refractivity contribution is -0.140. The van der Waals surface area contributed by atoms with E-state index >= 15 is 0 Å². The molecule has 0 aromatic heterocycles. The fourth-order valence-corrected chi connectivity index (χ4v) is 4.43. The van der Waals surface area contributed by atoms with Gasteiger partial charge in [0.2, 0.25) is 21.8 Å². The van der Waals surface area contributed by atoms with Crippen molar-refractivity contribution in [3.05, 3.63) is 65.2 Å². The number of hydrogen-bond acceptors (Lipinski definition) is 4. The Morgan fingerprint density at radius 2 is 1.64 bits per heavy atom. The lowest BCUT2D eigenvalue weighted by atomic mass is 10.1. The minimum Gasteiger partial charge on any atom is -0.352 e. The molecule has 0 bridgehead atoms. The number of nitrogens with one attached hydrogen (secondary N) is 1. The van der Waals surface area contributed by atoms with E-state index in [1.54, 1.807) is 6.92 Å². The summed E-state index contributed by atoms with van der Waals surface area (Å²) in [5.74, 6) is -0.716. The van der Waals surface area contributed by atoms with Gasteiger partial charge < -0.3 is 10.2 Å². The van der Waals surface area contributed by atoms with Crippen LogP contribution in [0.3, 0.4) is 0 Å². The maximum Gasteiger partial charge on any atom is 0.243 e. The molecular formula is C24H32ClN3O4S. The molecule has 1 N–H and O–H groups in total. The van der Waals surface area contributed by atoms with Crippen LogP contribution in [0.5, 0.6) is 0 Å². The van der Waals surface area contributed by atoms with Crippen molar-refractivity contribution in [1.29, 1.82) is 0 Å². The van der Waals surface area contributed by atoms with Crippen LogP contribution < -0.4 is 5.32 Å². The monoisotopic (exact) mass is 493 g/mol. The predicted molar refractivity (Wildman–Crippen MR) is 130 cm³/mol. The molecule has 180 valence electrons. The quantitative estimate of drug-likeness (QED) is 0.520. The van der Waals surface area contributed by atoms with E-state index in [-0.39, 0.29) is 29.9 Å². The molecule has 0 aliphatic carbocycles. The van der Waals surface area contributed by atoms with Crippen molar-refractivity contribution >= 4 is 33.4 Å². The number of carbonyl (C=O) groups excluding carboxylic acids is 2. The number of hydrogen-bond donors (Lipinski definition) is 1. The first-order valence-corrected chi connectivity index (χ1v) is 12.7. The molecule has 0 aliphatic heterocycles. The second kappa shape index (κ2) is 12.2. The third-order valence-electron chi connectivity index (χ3n) is 5.53. The number of rotatable bonds is 11. The van der Waals surface area contributed by atoms with Crippen molar-refractivity contribution in [3.63, 3.8) is 0 Å². The molecule has 0 radical (unpaired) electrons. The zero-order valence-corrected chi connectivity index (χ0v) is 21.1. The number of benzene rings is 2. The number of halogens is 1. The summed E-state index contributed by atoms with van der Waals surface area (Å²) in [5.41, 5.74) is 1.02. The maximum atomic E-state index is 13.2. The molecule has 2 aromatic carbocycles. The predicted octanol–water partition coefficient (Wildman–Crippen LogP) is 3.34. The van der Waals surface area contributed by atoms with Gasteiger partial charge in [-0.05, 0) is 56.5 Å². The van der Waals surface area contributed by atoms with Crippen molar-refractivity contribution in [3.8, 4) is 0 Å². The number of sulfonamides is 1. The van der Waals surface area contributed by atoms with Crippen LogP contribution in [0.15, 0.2) is 59.5 Å². The summed E-state index contributed by atoms with van der Waals surface area (Å²) in [6.45, 7) is 5.42. The van der Waals surface area contributed by atoms with E-state index in [0.29, 0.717) is 11.4 Å². The van der Waals surface area contributed by atoms with E-state index in [0.717, 1.165) is 16.3 Å². The molecule has 7 nitrogen and oxygen atoms in total. The minimum absolute atomic E-state index is 0.0287. The Bertz CT molecular complexity index is 1030. The zero-order chi connectivity index (χ0) is 24.6. The first-order valence-electron chi connectivity index (χ1n) is 10.9. The SMILES string of the molecule is CC[C@H](C)NC(=O)[C@@H](C)N(CCc1ccccc1)C(=O)CN(C)S(=O)(=O)c1ccc(Cl)cc1. The van der Waals surface area contributed by atoms with E-state index in [9.17, 15) is 18.0 Å². The third kappa shape index (κ3) is 7.55. The summed E-state index contributed by atoms with van der Waals surface area (Å²) in [5, 5.41) is 3.32. The van der Waals surface area contributed by atoms with Gasteiger partial charge in [0.25, 0.3) is 0 Å². The number of likely N-dealkylation sites (N-methyl/N-ethyl adjacent to an activating group) is 1. The highest BCUT2D eigenvalue weighted by Crippen LogP contribution is 2.18. The number of nitrogens with zero attached hydrogens (tertiary/aromatic N) is 2. The summed E-state index contributed by atoms with van der Waals surface area (Å²) in [4.78, 5) is 27.5. The Morgan fingerprint density at radius 3 is 2.21 bits per heavy atom. The maximum absolute atomic E-state index is 13.2. The molecule has 0 fully saturated rings. The van der Waals surface area contributed by atoms with E-state index in [1.165, 1.54) is 36.2 Å². The average molecular weight is 494 g/mol. The molecule has 0 saturated carbocycles. The van der Waals surface area contributed by atoms with Gasteiger partial charge in [0.15, 0.2) is 0 Å². The molecule has 9 heteroatoms. The van der Waals surface area contributed by atoms with Crippen molar-refractivity contribution in [2.45, 2.75) is 50.6 Å². The standard InChI is InChI=1S/C24H32ClN3O4S/c1-5-18(2)26-24(30)19(3)28(16-15-20-9-7-6-8-10-20)23(29)17-27(4)33(31,32)22-13-11-21(25)12-14-22/h6-14,18-19H,5,15-17H2,1-4H3,(H,26,30)/t18-,19+/m0/s1. The van der Waals surface area contributed by atoms with Crippen LogP contribution in [-0.4, -0.2) is 61.7 Å². The van der Waals surface area contributed by atoms with Gasteiger partial charge in [-0.25, -0.2) is 8.42 Å². The van der Waals surface area contributed by atoms with Crippen LogP contribution in [0.25, 0.3) is 0 Å². The van der Waals surface area contributed by atoms with Gasteiger partial charge in [-0.15, -0.1) is 0 Å². The largest absolute Gasteiger partial charge is 0.352 e. The molecule has 0 aliphatic rings. The van der Waals surface area contributed by atoms with Crippen molar-refractivity contribution in [2.75, 3.05) is 20.1 Å². The lowest BCUT2D eigenvalue weighted by Gasteiger charge is -2.31. The van der Waals surface area contributed by atoms with Gasteiger partial charge in [0, 0.05) is 24.7 Å². The topological polar surface area (TPSA) is 86.8 Å². The van der Waals surface area contributed by atoms with Gasteiger partial charge >= 0.3 is 0 Å². The fraction of sp³-hybridized carbons (Fsp3) is 0.417. The van der Waals surface area contributed by atoms with E-state index in [2.05, 4.69) is 5.32 Å². The van der Waals surface area contributed by atoms with Gasteiger partial charge in [-0.2, -0.15) is 4.31 Å². The van der Waals surface area contributed by atoms with E-state index in [1.807, 2.05) is 44.2 Å². The van der Waals surface area contributed by atoms with Crippen LogP contribution in [-0.2, 0) is 26.0 Å². The van der Waals surface area contributed by atoms with Gasteiger partial charge in [0.05, 0.1) is 11.4 Å². The second-order valence-electron chi connectivity index (χ2n) is 8.03. The zero-order valence-electron chi connectivity index (χ0n) is 19.5. The first kappa shape index (κ1) is 26.8. The smallest absolute Gasteiger partial charge is 0.243 e. The third-order valence-corrected chi connectivity index (χ3v) is 7.60. The van der Waals surface area contributed by atoms with Gasteiger partial charge in [-0.1, -0.05) is 48.9 Å². The molecule has 2 amide bonds. The van der Waals surface area contributed by atoms with Crippen LogP contribution in [0.1, 0.15) is 32.8 Å². The molecule has 0 saturated heterocycles. The Kier molecular flexibility index (Phi) is 9.88. The summed E-state index contributed by atoms with van der Waals surface area (Å²) < 4.78 is 26.8. The summed E-state index contributed by atoms with van der Waals surface area (Å²) in [6, 6.07) is 14.6. The molecule has 2 atom stereocenters. The molecule has 2 rings (SSSR count). The van der Waals surface area contributed by atoms with Crippen molar-refractivity contribution < 1.29 is 18.0 Å². The molecule has 0 spiro atoms. The second-order valence-corrected chi connectivity index (χ2v) is 10.5. The van der Waals surface area contributed by atoms with E-state index in [4.69, 9.17) is 11.6 Å². The Labute approximate surface area is 201 Å². The molecule has 0 heterocycles. The minimum atomic E-state index is -3.89. The molecule has 33 heavy (non-hydrogen) atoms. The molecule has 0 unspecified atom stereocenters. The summed E-state index contributed by atoms with van der Waals surface area (Å²) >= 11 is 5.86. The average Bonchev–Trinajstić information content (AvgIpc) is 2.79. The van der Waals surface area contributed by atoms with E-state index < -0.39 is 22.0 Å². The Balaban J connectivity index is 2.20. The summed E-state index contributed by atoms with van der Waals surface area (Å²) in [7, 11) is -2.55. The van der Waals surface area contributed by atoms with Crippen molar-refractivity contribution in [1.82, 2.24) is 14.5 Å². The number of carbonyl (C=O) groups is 2. The highest BCUT2D eigenvalue weighted by molar-refractivity contribution is 7.89. The van der Waals surface area contributed by atoms with Crippen LogP contribution >= 0.6 is 11.6 Å². The molecular weight excluding hydrogens is 462 g/mol. The number of amides is 2. The molecule has 2 aromatic rings.